The van der Waals surface area contributed by atoms with Crippen molar-refractivity contribution in [3.05, 3.63) is 45.1 Å². The van der Waals surface area contributed by atoms with Gasteiger partial charge in [0, 0.05) is 37.1 Å². The summed E-state index contributed by atoms with van der Waals surface area (Å²) in [6.07, 6.45) is 2.68. The summed E-state index contributed by atoms with van der Waals surface area (Å²) in [6, 6.07) is 3.94. The van der Waals surface area contributed by atoms with E-state index < -0.39 is 10.8 Å². The Hall–Kier alpha value is -2.96. The molecule has 0 aliphatic heterocycles. The fraction of sp³-hybridized carbons (Fsp3) is 0.429. The number of ether oxygens (including phenoxy) is 1. The highest BCUT2D eigenvalue weighted by molar-refractivity contribution is 7.99. The van der Waals surface area contributed by atoms with E-state index in [4.69, 9.17) is 16.3 Å². The third-order valence-electron chi connectivity index (χ3n) is 4.67. The standard InChI is InChI=1S/C21H26ClN7O4S/c1-3-11-34-21-26-18(23-8-10-33-4-2)15-13-25-28(19(15)27-21)9-7-24-20(30)14-5-6-16(22)17(12-14)29(31)32/h5-6,12-13H,3-4,7-11H2,1-2H3,(H,24,30)(H,23,26,27). The van der Waals surface area contributed by atoms with Crippen LogP contribution in [-0.4, -0.2) is 62.6 Å². The molecule has 0 spiro atoms. The maximum Gasteiger partial charge on any atom is 0.288 e. The second kappa shape index (κ2) is 12.5. The van der Waals surface area contributed by atoms with E-state index >= 15 is 0 Å². The number of nitrogens with zero attached hydrogens (tertiary/aromatic N) is 5. The Morgan fingerprint density at radius 3 is 2.85 bits per heavy atom. The van der Waals surface area contributed by atoms with Crippen LogP contribution in [0.15, 0.2) is 29.6 Å². The molecule has 182 valence electrons. The van der Waals surface area contributed by atoms with Crippen molar-refractivity contribution in [3.8, 4) is 0 Å². The normalized spacial score (nSPS) is 11.0. The molecule has 0 fully saturated rings. The average Bonchev–Trinajstić information content (AvgIpc) is 3.23. The van der Waals surface area contributed by atoms with Crippen molar-refractivity contribution in [1.29, 1.82) is 0 Å². The Balaban J connectivity index is 1.72. The van der Waals surface area contributed by atoms with Crippen LogP contribution in [0.4, 0.5) is 11.5 Å². The summed E-state index contributed by atoms with van der Waals surface area (Å²) in [5, 5.41) is 22.9. The van der Waals surface area contributed by atoms with E-state index in [1.807, 2.05) is 6.92 Å². The fourth-order valence-corrected chi connectivity index (χ4v) is 3.93. The van der Waals surface area contributed by atoms with Gasteiger partial charge in [0.1, 0.15) is 10.8 Å². The molecule has 34 heavy (non-hydrogen) atoms. The van der Waals surface area contributed by atoms with E-state index in [1.54, 1.807) is 22.6 Å². The van der Waals surface area contributed by atoms with Gasteiger partial charge in [-0.2, -0.15) is 5.10 Å². The van der Waals surface area contributed by atoms with Crippen LogP contribution in [0.2, 0.25) is 5.02 Å². The Labute approximate surface area is 205 Å². The number of aromatic nitrogens is 4. The number of rotatable bonds is 13. The van der Waals surface area contributed by atoms with Crippen molar-refractivity contribution >= 4 is 51.8 Å². The minimum Gasteiger partial charge on any atom is -0.380 e. The Kier molecular flexibility index (Phi) is 9.42. The molecule has 11 nitrogen and oxygen atoms in total. The first kappa shape index (κ1) is 25.7. The number of thioether (sulfide) groups is 1. The predicted molar refractivity (Wildman–Crippen MR) is 132 cm³/mol. The molecule has 0 aliphatic carbocycles. The number of hydrogen-bond acceptors (Lipinski definition) is 9. The number of anilines is 1. The van der Waals surface area contributed by atoms with Crippen molar-refractivity contribution in [2.45, 2.75) is 32.0 Å². The van der Waals surface area contributed by atoms with Crippen LogP contribution in [0.25, 0.3) is 11.0 Å². The lowest BCUT2D eigenvalue weighted by Gasteiger charge is -2.10. The molecule has 2 heterocycles. The van der Waals surface area contributed by atoms with Crippen LogP contribution in [0.1, 0.15) is 30.6 Å². The summed E-state index contributed by atoms with van der Waals surface area (Å²) in [5.74, 6) is 1.14. The topological polar surface area (TPSA) is 137 Å². The van der Waals surface area contributed by atoms with Crippen molar-refractivity contribution in [1.82, 2.24) is 25.1 Å². The van der Waals surface area contributed by atoms with Gasteiger partial charge in [-0.05, 0) is 25.5 Å². The highest BCUT2D eigenvalue weighted by atomic mass is 35.5. The summed E-state index contributed by atoms with van der Waals surface area (Å²) in [4.78, 5) is 32.2. The second-order valence-electron chi connectivity index (χ2n) is 7.11. The van der Waals surface area contributed by atoms with E-state index in [1.165, 1.54) is 12.1 Å². The highest BCUT2D eigenvalue weighted by Gasteiger charge is 2.17. The van der Waals surface area contributed by atoms with E-state index in [0.717, 1.165) is 23.6 Å². The zero-order valence-corrected chi connectivity index (χ0v) is 20.5. The molecule has 2 N–H and O–H groups in total. The van der Waals surface area contributed by atoms with E-state index in [2.05, 4.69) is 32.6 Å². The van der Waals surface area contributed by atoms with Crippen LogP contribution in [0.5, 0.6) is 0 Å². The largest absolute Gasteiger partial charge is 0.380 e. The number of halogens is 1. The maximum absolute atomic E-state index is 12.5. The molecule has 3 aromatic rings. The number of nitro groups is 1. The van der Waals surface area contributed by atoms with Crippen LogP contribution >= 0.6 is 23.4 Å². The number of carbonyl (C=O) groups is 1. The van der Waals surface area contributed by atoms with Gasteiger partial charge in [0.15, 0.2) is 10.8 Å². The molecular formula is C21H26ClN7O4S. The molecule has 0 radical (unpaired) electrons. The third kappa shape index (κ3) is 6.55. The number of hydrogen-bond donors (Lipinski definition) is 2. The number of benzene rings is 1. The molecule has 0 atom stereocenters. The van der Waals surface area contributed by atoms with Gasteiger partial charge in [0.05, 0.1) is 29.7 Å². The monoisotopic (exact) mass is 507 g/mol. The van der Waals surface area contributed by atoms with Crippen molar-refractivity contribution in [2.75, 3.05) is 37.4 Å². The van der Waals surface area contributed by atoms with Crippen LogP contribution in [0.3, 0.4) is 0 Å². The molecule has 0 saturated carbocycles. The van der Waals surface area contributed by atoms with Gasteiger partial charge in [-0.3, -0.25) is 14.9 Å². The maximum atomic E-state index is 12.5. The molecule has 0 saturated heterocycles. The molecule has 3 rings (SSSR count). The minimum absolute atomic E-state index is 0.0216. The van der Waals surface area contributed by atoms with E-state index in [9.17, 15) is 14.9 Å². The summed E-state index contributed by atoms with van der Waals surface area (Å²) < 4.78 is 7.09. The van der Waals surface area contributed by atoms with Gasteiger partial charge in [0.25, 0.3) is 11.6 Å². The Morgan fingerprint density at radius 1 is 1.29 bits per heavy atom. The Bertz CT molecular complexity index is 1160. The average molecular weight is 508 g/mol. The quantitative estimate of drug-likeness (QED) is 0.116. The second-order valence-corrected chi connectivity index (χ2v) is 8.58. The summed E-state index contributed by atoms with van der Waals surface area (Å²) in [5.41, 5.74) is 0.497. The van der Waals surface area contributed by atoms with Crippen LogP contribution < -0.4 is 10.6 Å². The molecule has 0 bridgehead atoms. The zero-order chi connectivity index (χ0) is 24.5. The molecule has 1 aromatic carbocycles. The third-order valence-corrected chi connectivity index (χ3v) is 6.04. The smallest absolute Gasteiger partial charge is 0.288 e. The fourth-order valence-electron chi connectivity index (χ4n) is 3.05. The van der Waals surface area contributed by atoms with Crippen molar-refractivity contribution in [3.63, 3.8) is 0 Å². The molecule has 2 aromatic heterocycles. The Morgan fingerprint density at radius 2 is 2.12 bits per heavy atom. The van der Waals surface area contributed by atoms with Crippen LogP contribution in [0, 0.1) is 10.1 Å². The number of nitro benzene ring substituents is 1. The summed E-state index contributed by atoms with van der Waals surface area (Å²) in [6.45, 7) is 6.45. The van der Waals surface area contributed by atoms with Gasteiger partial charge in [-0.1, -0.05) is 30.3 Å². The first-order valence-electron chi connectivity index (χ1n) is 10.8. The lowest BCUT2D eigenvalue weighted by molar-refractivity contribution is -0.384. The number of carbonyl (C=O) groups excluding carboxylic acids is 1. The van der Waals surface area contributed by atoms with E-state index in [-0.39, 0.29) is 22.8 Å². The van der Waals surface area contributed by atoms with Crippen molar-refractivity contribution < 1.29 is 14.5 Å². The van der Waals surface area contributed by atoms with Gasteiger partial charge in [-0.15, -0.1) is 0 Å². The number of fused-ring (bicyclic) bond motifs is 1. The number of nitrogens with one attached hydrogen (secondary N) is 2. The molecule has 13 heteroatoms. The van der Waals surface area contributed by atoms with Gasteiger partial charge >= 0.3 is 0 Å². The first-order chi connectivity index (χ1) is 16.4. The minimum atomic E-state index is -0.622. The highest BCUT2D eigenvalue weighted by Crippen LogP contribution is 2.26. The lowest BCUT2D eigenvalue weighted by Crippen LogP contribution is -2.27. The summed E-state index contributed by atoms with van der Waals surface area (Å²) >= 11 is 7.38. The van der Waals surface area contributed by atoms with Crippen molar-refractivity contribution in [2.24, 2.45) is 0 Å². The van der Waals surface area contributed by atoms with Gasteiger partial charge in [0.2, 0.25) is 0 Å². The summed E-state index contributed by atoms with van der Waals surface area (Å²) in [7, 11) is 0. The predicted octanol–water partition coefficient (Wildman–Crippen LogP) is 3.77. The number of amides is 1. The van der Waals surface area contributed by atoms with Gasteiger partial charge in [-0.25, -0.2) is 14.6 Å². The SMILES string of the molecule is CCCSc1nc(NCCOCC)c2cnn(CCNC(=O)c3ccc(Cl)c([N+](=O)[O-])c3)c2n1. The molecular weight excluding hydrogens is 482 g/mol. The lowest BCUT2D eigenvalue weighted by atomic mass is 10.2. The molecule has 1 amide bonds. The molecule has 0 unspecified atom stereocenters. The first-order valence-corrected chi connectivity index (χ1v) is 12.2. The van der Waals surface area contributed by atoms with Gasteiger partial charge < -0.3 is 15.4 Å². The zero-order valence-electron chi connectivity index (χ0n) is 18.9. The molecule has 0 aliphatic rings. The van der Waals surface area contributed by atoms with E-state index in [0.29, 0.717) is 42.9 Å². The van der Waals surface area contributed by atoms with Crippen LogP contribution in [-0.2, 0) is 11.3 Å².